The summed E-state index contributed by atoms with van der Waals surface area (Å²) in [5.41, 5.74) is -0.489. The van der Waals surface area contributed by atoms with Gasteiger partial charge in [0, 0.05) is 39.8 Å². The Morgan fingerprint density at radius 3 is 2.58 bits per heavy atom. The van der Waals surface area contributed by atoms with Gasteiger partial charge in [-0.25, -0.2) is 4.79 Å². The van der Waals surface area contributed by atoms with Crippen LogP contribution >= 0.6 is 0 Å². The van der Waals surface area contributed by atoms with Gasteiger partial charge in [-0.05, 0) is 46.0 Å². The number of rotatable bonds is 7. The number of nitrogens with one attached hydrogen (secondary N) is 2. The lowest BCUT2D eigenvalue weighted by Gasteiger charge is -2.28. The predicted octanol–water partition coefficient (Wildman–Crippen LogP) is 2.61. The molecule has 0 aliphatic carbocycles. The molecule has 1 saturated heterocycles. The van der Waals surface area contributed by atoms with Crippen LogP contribution in [0.25, 0.3) is 0 Å². The van der Waals surface area contributed by atoms with Gasteiger partial charge >= 0.3 is 6.09 Å². The van der Waals surface area contributed by atoms with E-state index in [0.717, 1.165) is 44.9 Å². The van der Waals surface area contributed by atoms with Crippen molar-refractivity contribution in [3.8, 4) is 0 Å². The number of alkyl carbamates (subject to hydrolysis) is 1. The van der Waals surface area contributed by atoms with Crippen LogP contribution in [0.5, 0.6) is 0 Å². The van der Waals surface area contributed by atoms with E-state index < -0.39 is 5.60 Å². The molecule has 26 heavy (non-hydrogen) atoms. The number of amides is 1. The summed E-state index contributed by atoms with van der Waals surface area (Å²) in [4.78, 5) is 18.5. The fourth-order valence-electron chi connectivity index (χ4n) is 2.86. The summed E-state index contributed by atoms with van der Waals surface area (Å²) >= 11 is 0. The molecular formula is C19H38N4O3. The Hall–Kier alpha value is -1.50. The number of aliphatic imine (C=N–C) groups is 1. The molecule has 1 amide bonds. The van der Waals surface area contributed by atoms with Crippen molar-refractivity contribution in [2.75, 3.05) is 33.8 Å². The highest BCUT2D eigenvalue weighted by molar-refractivity contribution is 5.79. The molecule has 1 aliphatic heterocycles. The molecule has 0 spiro atoms. The molecule has 0 aromatic carbocycles. The van der Waals surface area contributed by atoms with Gasteiger partial charge in [-0.2, -0.15) is 0 Å². The summed E-state index contributed by atoms with van der Waals surface area (Å²) in [6.45, 7) is 12.2. The van der Waals surface area contributed by atoms with Crippen molar-refractivity contribution in [2.24, 2.45) is 10.9 Å². The van der Waals surface area contributed by atoms with Gasteiger partial charge in [-0.3, -0.25) is 4.99 Å². The van der Waals surface area contributed by atoms with E-state index in [1.54, 1.807) is 7.05 Å². The average molecular weight is 371 g/mol. The first-order chi connectivity index (χ1) is 12.1. The van der Waals surface area contributed by atoms with Crippen LogP contribution in [0.1, 0.15) is 53.9 Å². The maximum atomic E-state index is 12.1. The standard InChI is InChI=1S/C19H38N4O3/c1-14(2)16(22-18(24)26-19(3,4)5)10-11-23(7)17(20-6)21-13-15-9-8-12-25-15/h14-16H,8-13H2,1-7H3,(H,20,21)(H,22,24). The van der Waals surface area contributed by atoms with Crippen LogP contribution in [0, 0.1) is 5.92 Å². The summed E-state index contributed by atoms with van der Waals surface area (Å²) in [6.07, 6.45) is 2.96. The molecule has 0 bridgehead atoms. The number of carbonyl (C=O) groups excluding carboxylic acids is 1. The molecule has 0 aromatic rings. The lowest BCUT2D eigenvalue weighted by Crippen LogP contribution is -2.46. The van der Waals surface area contributed by atoms with Crippen LogP contribution < -0.4 is 10.6 Å². The second kappa shape index (κ2) is 10.6. The Labute approximate surface area is 158 Å². The number of hydrogen-bond acceptors (Lipinski definition) is 4. The molecule has 1 fully saturated rings. The van der Waals surface area contributed by atoms with Gasteiger partial charge in [-0.15, -0.1) is 0 Å². The minimum Gasteiger partial charge on any atom is -0.444 e. The molecule has 1 rings (SSSR count). The maximum absolute atomic E-state index is 12.1. The van der Waals surface area contributed by atoms with Gasteiger partial charge in [0.1, 0.15) is 5.60 Å². The number of hydrogen-bond donors (Lipinski definition) is 2. The third-order valence-electron chi connectivity index (χ3n) is 4.37. The van der Waals surface area contributed by atoms with Crippen LogP contribution in [0.3, 0.4) is 0 Å². The molecule has 0 saturated carbocycles. The van der Waals surface area contributed by atoms with E-state index in [2.05, 4.69) is 34.4 Å². The van der Waals surface area contributed by atoms with Crippen LogP contribution in [0.4, 0.5) is 4.79 Å². The summed E-state index contributed by atoms with van der Waals surface area (Å²) in [6, 6.07) is 0.0450. The molecule has 0 aromatic heterocycles. The fraction of sp³-hybridized carbons (Fsp3) is 0.895. The number of ether oxygens (including phenoxy) is 2. The summed E-state index contributed by atoms with van der Waals surface area (Å²) < 4.78 is 11.0. The molecule has 2 atom stereocenters. The Balaban J connectivity index is 2.46. The van der Waals surface area contributed by atoms with Crippen LogP contribution in [0.2, 0.25) is 0 Å². The van der Waals surface area contributed by atoms with Crippen LogP contribution in [0.15, 0.2) is 4.99 Å². The lowest BCUT2D eigenvalue weighted by atomic mass is 10.0. The van der Waals surface area contributed by atoms with Crippen molar-refractivity contribution in [3.05, 3.63) is 0 Å². The first kappa shape index (κ1) is 22.5. The van der Waals surface area contributed by atoms with Gasteiger partial charge in [-0.1, -0.05) is 13.8 Å². The number of carbonyl (C=O) groups is 1. The molecule has 152 valence electrons. The van der Waals surface area contributed by atoms with E-state index in [0.29, 0.717) is 5.92 Å². The molecule has 2 unspecified atom stereocenters. The zero-order valence-electron chi connectivity index (χ0n) is 17.6. The largest absolute Gasteiger partial charge is 0.444 e. The summed E-state index contributed by atoms with van der Waals surface area (Å²) in [5, 5.41) is 6.37. The van der Waals surface area contributed by atoms with Gasteiger partial charge in [0.2, 0.25) is 0 Å². The smallest absolute Gasteiger partial charge is 0.407 e. The Kier molecular flexibility index (Phi) is 9.19. The highest BCUT2D eigenvalue weighted by Gasteiger charge is 2.22. The minimum atomic E-state index is -0.489. The Morgan fingerprint density at radius 2 is 2.08 bits per heavy atom. The quantitative estimate of drug-likeness (QED) is 0.532. The van der Waals surface area contributed by atoms with Crippen LogP contribution in [-0.4, -0.2) is 68.5 Å². The first-order valence-corrected chi connectivity index (χ1v) is 9.65. The average Bonchev–Trinajstić information content (AvgIpc) is 3.03. The molecular weight excluding hydrogens is 332 g/mol. The topological polar surface area (TPSA) is 75.2 Å². The van der Waals surface area contributed by atoms with Gasteiger partial charge in [0.05, 0.1) is 6.10 Å². The third kappa shape index (κ3) is 8.74. The van der Waals surface area contributed by atoms with E-state index in [9.17, 15) is 4.79 Å². The number of guanidine groups is 1. The van der Waals surface area contributed by atoms with E-state index in [1.807, 2.05) is 27.8 Å². The molecule has 1 heterocycles. The number of nitrogens with zero attached hydrogens (tertiary/aromatic N) is 2. The van der Waals surface area contributed by atoms with Crippen molar-refractivity contribution in [1.82, 2.24) is 15.5 Å². The van der Waals surface area contributed by atoms with Crippen molar-refractivity contribution in [2.45, 2.75) is 71.6 Å². The summed E-state index contributed by atoms with van der Waals surface area (Å²) in [7, 11) is 3.79. The summed E-state index contributed by atoms with van der Waals surface area (Å²) in [5.74, 6) is 1.16. The fourth-order valence-corrected chi connectivity index (χ4v) is 2.86. The minimum absolute atomic E-state index is 0.0450. The Morgan fingerprint density at radius 1 is 1.38 bits per heavy atom. The van der Waals surface area contributed by atoms with Gasteiger partial charge in [0.15, 0.2) is 5.96 Å². The molecule has 1 aliphatic rings. The first-order valence-electron chi connectivity index (χ1n) is 9.65. The van der Waals surface area contributed by atoms with E-state index in [4.69, 9.17) is 9.47 Å². The highest BCUT2D eigenvalue weighted by atomic mass is 16.6. The van der Waals surface area contributed by atoms with E-state index >= 15 is 0 Å². The Bertz CT molecular complexity index is 454. The second-order valence-corrected chi connectivity index (χ2v) is 8.27. The zero-order valence-corrected chi connectivity index (χ0v) is 17.6. The van der Waals surface area contributed by atoms with Crippen molar-refractivity contribution in [3.63, 3.8) is 0 Å². The predicted molar refractivity (Wildman–Crippen MR) is 106 cm³/mol. The van der Waals surface area contributed by atoms with Crippen LogP contribution in [-0.2, 0) is 9.47 Å². The zero-order chi connectivity index (χ0) is 19.7. The van der Waals surface area contributed by atoms with Crippen molar-refractivity contribution < 1.29 is 14.3 Å². The van der Waals surface area contributed by atoms with E-state index in [1.165, 1.54) is 0 Å². The third-order valence-corrected chi connectivity index (χ3v) is 4.37. The normalized spacial score (nSPS) is 19.4. The van der Waals surface area contributed by atoms with Gasteiger partial charge < -0.3 is 25.0 Å². The van der Waals surface area contributed by atoms with Crippen molar-refractivity contribution in [1.29, 1.82) is 0 Å². The van der Waals surface area contributed by atoms with Gasteiger partial charge in [0.25, 0.3) is 0 Å². The lowest BCUT2D eigenvalue weighted by molar-refractivity contribution is 0.0485. The monoisotopic (exact) mass is 370 g/mol. The molecule has 2 N–H and O–H groups in total. The SMILES string of the molecule is CN=C(NCC1CCCO1)N(C)CCC(NC(=O)OC(C)(C)C)C(C)C. The second-order valence-electron chi connectivity index (χ2n) is 8.27. The van der Waals surface area contributed by atoms with E-state index in [-0.39, 0.29) is 18.2 Å². The molecule has 7 heteroatoms. The molecule has 0 radical (unpaired) electrons. The highest BCUT2D eigenvalue weighted by Crippen LogP contribution is 2.12. The van der Waals surface area contributed by atoms with Crippen molar-refractivity contribution >= 4 is 12.1 Å². The molecule has 7 nitrogen and oxygen atoms in total. The maximum Gasteiger partial charge on any atom is 0.407 e.